The highest BCUT2D eigenvalue weighted by atomic mass is 28.2. The van der Waals surface area contributed by atoms with Gasteiger partial charge in [0.15, 0.2) is 9.76 Å². The molecule has 4 heteroatoms. The van der Waals surface area contributed by atoms with Gasteiger partial charge in [0.2, 0.25) is 0 Å². The first-order chi connectivity index (χ1) is 2.91. The monoisotopic (exact) mass is 108 g/mol. The van der Waals surface area contributed by atoms with Gasteiger partial charge < -0.3 is 14.6 Å². The third kappa shape index (κ3) is 4.10. The largest absolute Gasteiger partial charge is 0.400 e. The molecule has 0 heterocycles. The van der Waals surface area contributed by atoms with Gasteiger partial charge in [0.1, 0.15) is 6.79 Å². The van der Waals surface area contributed by atoms with Gasteiger partial charge in [0.25, 0.3) is 0 Å². The molecule has 0 atom stereocenters. The summed E-state index contributed by atoms with van der Waals surface area (Å²) in [5.41, 5.74) is 0. The Kier molecular flexibility index (Phi) is 5.18. The van der Waals surface area contributed by atoms with Crippen molar-refractivity contribution in [3.8, 4) is 0 Å². The summed E-state index contributed by atoms with van der Waals surface area (Å²) in [5, 5.41) is 15.9. The Morgan fingerprint density at radius 2 is 2.17 bits per heavy atom. The number of aliphatic hydroxyl groups excluding tert-OH is 2. The SMILES string of the molecule is OCO[SiH2]CO. The van der Waals surface area contributed by atoms with Crippen LogP contribution in [0.1, 0.15) is 0 Å². The van der Waals surface area contributed by atoms with E-state index in [4.69, 9.17) is 10.2 Å². The summed E-state index contributed by atoms with van der Waals surface area (Å²) >= 11 is 0. The molecular formula is C2H8O3Si. The topological polar surface area (TPSA) is 49.7 Å². The molecule has 0 unspecified atom stereocenters. The van der Waals surface area contributed by atoms with Gasteiger partial charge in [-0.25, -0.2) is 0 Å². The molecule has 0 saturated carbocycles. The molecule has 0 bridgehead atoms. The highest BCUT2D eigenvalue weighted by molar-refractivity contribution is 6.26. The minimum Gasteiger partial charge on any atom is -0.400 e. The summed E-state index contributed by atoms with van der Waals surface area (Å²) in [5.74, 6) is 0. The van der Waals surface area contributed by atoms with Gasteiger partial charge in [-0.15, -0.1) is 0 Å². The van der Waals surface area contributed by atoms with Crippen LogP contribution < -0.4 is 0 Å². The number of rotatable bonds is 3. The number of hydrogen-bond acceptors (Lipinski definition) is 3. The summed E-state index contributed by atoms with van der Waals surface area (Å²) < 4.78 is 4.43. The van der Waals surface area contributed by atoms with Crippen LogP contribution >= 0.6 is 0 Å². The maximum atomic E-state index is 8.02. The Bertz CT molecular complexity index is 20.8. The van der Waals surface area contributed by atoms with Crippen molar-refractivity contribution in [1.29, 1.82) is 0 Å². The standard InChI is InChI=1S/C2H8O3Si/c3-1-5-6-2-4/h3-4H,1-2,6H2. The first-order valence-electron chi connectivity index (χ1n) is 1.71. The summed E-state index contributed by atoms with van der Waals surface area (Å²) in [4.78, 5) is 0. The Morgan fingerprint density at radius 1 is 1.50 bits per heavy atom. The molecule has 6 heavy (non-hydrogen) atoms. The summed E-state index contributed by atoms with van der Waals surface area (Å²) in [6.45, 7) is -0.243. The smallest absolute Gasteiger partial charge is 0.189 e. The third-order valence-corrected chi connectivity index (χ3v) is 0.981. The second-order valence-corrected chi connectivity index (χ2v) is 2.02. The zero-order valence-electron chi connectivity index (χ0n) is 3.42. The molecule has 0 aliphatic rings. The first kappa shape index (κ1) is 6.10. The lowest BCUT2D eigenvalue weighted by molar-refractivity contribution is 0.0983. The summed E-state index contributed by atoms with van der Waals surface area (Å²) in [6, 6.07) is 0. The van der Waals surface area contributed by atoms with E-state index in [9.17, 15) is 0 Å². The van der Waals surface area contributed by atoms with Crippen molar-refractivity contribution >= 4 is 9.76 Å². The Hall–Kier alpha value is 0.0969. The van der Waals surface area contributed by atoms with E-state index in [0.717, 1.165) is 0 Å². The Balaban J connectivity index is 2.34. The van der Waals surface area contributed by atoms with Gasteiger partial charge in [0.05, 0.1) is 6.23 Å². The van der Waals surface area contributed by atoms with Gasteiger partial charge in [-0.1, -0.05) is 0 Å². The number of aliphatic hydroxyl groups is 2. The predicted octanol–water partition coefficient (Wildman–Crippen LogP) is -2.01. The van der Waals surface area contributed by atoms with Gasteiger partial charge in [-0.05, 0) is 0 Å². The summed E-state index contributed by atoms with van der Waals surface area (Å²) in [7, 11) is -0.773. The fourth-order valence-corrected chi connectivity index (χ4v) is 0.387. The van der Waals surface area contributed by atoms with Crippen LogP contribution in [0.25, 0.3) is 0 Å². The molecule has 2 N–H and O–H groups in total. The van der Waals surface area contributed by atoms with Crippen LogP contribution in [0.3, 0.4) is 0 Å². The second-order valence-electron chi connectivity index (χ2n) is 0.761. The molecule has 0 aliphatic heterocycles. The van der Waals surface area contributed by atoms with Gasteiger partial charge in [-0.3, -0.25) is 0 Å². The lowest BCUT2D eigenvalue weighted by Crippen LogP contribution is -2.03. The minimum atomic E-state index is -0.773. The molecule has 0 aromatic rings. The fourth-order valence-electron chi connectivity index (χ4n) is 0.129. The minimum absolute atomic E-state index is 0.112. The lowest BCUT2D eigenvalue weighted by atomic mass is 11.6. The normalized spacial score (nSPS) is 11.0. The molecule has 0 amide bonds. The molecule has 3 nitrogen and oxygen atoms in total. The molecular weight excluding hydrogens is 100 g/mol. The van der Waals surface area contributed by atoms with Crippen LogP contribution in [0.5, 0.6) is 0 Å². The number of hydrogen-bond donors (Lipinski definition) is 2. The Labute approximate surface area is 38.5 Å². The van der Waals surface area contributed by atoms with E-state index in [1.807, 2.05) is 0 Å². The van der Waals surface area contributed by atoms with Crippen LogP contribution in [0, 0.1) is 0 Å². The molecule has 0 rings (SSSR count). The second kappa shape index (κ2) is 5.10. The molecule has 38 valence electrons. The molecule has 0 fully saturated rings. The van der Waals surface area contributed by atoms with Gasteiger partial charge >= 0.3 is 0 Å². The van der Waals surface area contributed by atoms with Crippen molar-refractivity contribution in [2.45, 2.75) is 0 Å². The van der Waals surface area contributed by atoms with Crippen LogP contribution in [-0.4, -0.2) is 33.0 Å². The molecule has 0 aromatic carbocycles. The van der Waals surface area contributed by atoms with E-state index in [0.29, 0.717) is 0 Å². The third-order valence-electron chi connectivity index (χ3n) is 0.327. The molecule has 0 radical (unpaired) electrons. The highest BCUT2D eigenvalue weighted by Crippen LogP contribution is 1.59. The zero-order valence-corrected chi connectivity index (χ0v) is 4.84. The van der Waals surface area contributed by atoms with E-state index in [1.165, 1.54) is 0 Å². The first-order valence-corrected chi connectivity index (χ1v) is 3.29. The van der Waals surface area contributed by atoms with E-state index in [1.54, 1.807) is 0 Å². The average molecular weight is 108 g/mol. The van der Waals surface area contributed by atoms with Crippen LogP contribution in [0.2, 0.25) is 0 Å². The van der Waals surface area contributed by atoms with Crippen LogP contribution in [0.4, 0.5) is 0 Å². The highest BCUT2D eigenvalue weighted by Gasteiger charge is 1.76. The van der Waals surface area contributed by atoms with Gasteiger partial charge in [-0.2, -0.15) is 0 Å². The quantitative estimate of drug-likeness (QED) is 0.249. The van der Waals surface area contributed by atoms with Crippen molar-refractivity contribution in [3.63, 3.8) is 0 Å². The van der Waals surface area contributed by atoms with Crippen LogP contribution in [0.15, 0.2) is 0 Å². The van der Waals surface area contributed by atoms with Crippen molar-refractivity contribution in [3.05, 3.63) is 0 Å². The van der Waals surface area contributed by atoms with Crippen molar-refractivity contribution in [2.24, 2.45) is 0 Å². The molecule has 0 saturated heterocycles. The van der Waals surface area contributed by atoms with Gasteiger partial charge in [0, 0.05) is 0 Å². The van der Waals surface area contributed by atoms with Crippen molar-refractivity contribution in [1.82, 2.24) is 0 Å². The average Bonchev–Trinajstić information content (AvgIpc) is 1.61. The fraction of sp³-hybridized carbons (Fsp3) is 1.00. The van der Waals surface area contributed by atoms with Crippen molar-refractivity contribution < 1.29 is 14.6 Å². The lowest BCUT2D eigenvalue weighted by Gasteiger charge is -1.89. The van der Waals surface area contributed by atoms with E-state index in [-0.39, 0.29) is 13.0 Å². The zero-order chi connectivity index (χ0) is 4.83. The molecule has 0 aliphatic carbocycles. The maximum Gasteiger partial charge on any atom is 0.189 e. The Morgan fingerprint density at radius 3 is 2.33 bits per heavy atom. The van der Waals surface area contributed by atoms with E-state index < -0.39 is 9.76 Å². The summed E-state index contributed by atoms with van der Waals surface area (Å²) in [6.07, 6.45) is 0.112. The van der Waals surface area contributed by atoms with Crippen LogP contribution in [-0.2, 0) is 4.43 Å². The van der Waals surface area contributed by atoms with E-state index in [2.05, 4.69) is 4.43 Å². The van der Waals surface area contributed by atoms with E-state index >= 15 is 0 Å². The van der Waals surface area contributed by atoms with Crippen molar-refractivity contribution in [2.75, 3.05) is 13.0 Å². The molecule has 0 aromatic heterocycles. The maximum absolute atomic E-state index is 8.02. The molecule has 0 spiro atoms. The predicted molar refractivity (Wildman–Crippen MR) is 23.8 cm³/mol.